The van der Waals surface area contributed by atoms with Gasteiger partial charge < -0.3 is 10.1 Å². The number of carbonyl (C=O) groups excluding carboxylic acids is 1. The van der Waals surface area contributed by atoms with Gasteiger partial charge in [0.2, 0.25) is 0 Å². The predicted octanol–water partition coefficient (Wildman–Crippen LogP) is 3.72. The van der Waals surface area contributed by atoms with Crippen LogP contribution in [0.1, 0.15) is 16.7 Å². The van der Waals surface area contributed by atoms with Crippen molar-refractivity contribution >= 4 is 17.7 Å². The summed E-state index contributed by atoms with van der Waals surface area (Å²) in [5, 5.41) is 2.94. The molecule has 2 aromatic carbocycles. The lowest BCUT2D eigenvalue weighted by molar-refractivity contribution is -0.113. The molecule has 1 aliphatic rings. The molecule has 0 saturated heterocycles. The van der Waals surface area contributed by atoms with Crippen LogP contribution < -0.4 is 10.1 Å². The molecule has 0 aliphatic carbocycles. The number of carbonyl (C=O) groups is 1. The van der Waals surface area contributed by atoms with E-state index in [4.69, 9.17) is 4.74 Å². The van der Waals surface area contributed by atoms with Crippen LogP contribution in [0.25, 0.3) is 6.08 Å². The van der Waals surface area contributed by atoms with Crippen LogP contribution in [0.3, 0.4) is 0 Å². The number of amides is 1. The fraction of sp³-hybridized carbons (Fsp3) is 0.167. The highest BCUT2D eigenvalue weighted by molar-refractivity contribution is 6.07. The van der Waals surface area contributed by atoms with Gasteiger partial charge in [0.1, 0.15) is 12.4 Å². The predicted molar refractivity (Wildman–Crippen MR) is 84.5 cm³/mol. The van der Waals surface area contributed by atoms with Gasteiger partial charge in [-0.1, -0.05) is 24.3 Å². The number of anilines is 1. The van der Waals surface area contributed by atoms with E-state index < -0.39 is 0 Å². The number of ether oxygens (including phenoxy) is 1. The third kappa shape index (κ3) is 2.97. The summed E-state index contributed by atoms with van der Waals surface area (Å²) >= 11 is 0. The molecule has 0 radical (unpaired) electrons. The second-order valence-electron chi connectivity index (χ2n) is 5.33. The Labute approximate surface area is 124 Å². The molecule has 0 atom stereocenters. The van der Waals surface area contributed by atoms with Gasteiger partial charge in [0.05, 0.1) is 5.57 Å². The van der Waals surface area contributed by atoms with Gasteiger partial charge in [0.15, 0.2) is 0 Å². The summed E-state index contributed by atoms with van der Waals surface area (Å²) in [5.74, 6) is 0.704. The normalized spacial score (nSPS) is 13.0. The molecule has 1 amide bonds. The highest BCUT2D eigenvalue weighted by Crippen LogP contribution is 2.26. The average molecular weight is 279 g/mol. The summed E-state index contributed by atoms with van der Waals surface area (Å²) in [7, 11) is 0. The maximum atomic E-state index is 12.3. The van der Waals surface area contributed by atoms with Crippen molar-refractivity contribution in [2.45, 2.75) is 13.8 Å². The largest absolute Gasteiger partial charge is 0.488 e. The van der Waals surface area contributed by atoms with Crippen molar-refractivity contribution in [3.05, 3.63) is 64.7 Å². The number of fused-ring (bicyclic) bond motifs is 1. The van der Waals surface area contributed by atoms with E-state index >= 15 is 0 Å². The van der Waals surface area contributed by atoms with Gasteiger partial charge in [0, 0.05) is 11.3 Å². The summed E-state index contributed by atoms with van der Waals surface area (Å²) in [6, 6.07) is 13.7. The van der Waals surface area contributed by atoms with Gasteiger partial charge in [-0.15, -0.1) is 0 Å². The van der Waals surface area contributed by atoms with Gasteiger partial charge in [-0.05, 0) is 49.2 Å². The zero-order valence-corrected chi connectivity index (χ0v) is 12.1. The molecule has 106 valence electrons. The maximum Gasteiger partial charge on any atom is 0.255 e. The number of hydrogen-bond donors (Lipinski definition) is 1. The summed E-state index contributed by atoms with van der Waals surface area (Å²) in [4.78, 5) is 12.3. The Morgan fingerprint density at radius 3 is 2.57 bits per heavy atom. The van der Waals surface area contributed by atoms with Crippen LogP contribution in [0.5, 0.6) is 5.75 Å². The molecule has 0 fully saturated rings. The lowest BCUT2D eigenvalue weighted by atomic mass is 10.1. The first-order valence-corrected chi connectivity index (χ1v) is 6.94. The van der Waals surface area contributed by atoms with Crippen molar-refractivity contribution in [1.82, 2.24) is 0 Å². The zero-order valence-electron chi connectivity index (χ0n) is 12.1. The molecule has 0 spiro atoms. The van der Waals surface area contributed by atoms with E-state index in [1.165, 1.54) is 0 Å². The van der Waals surface area contributed by atoms with E-state index in [1.807, 2.05) is 56.3 Å². The first kappa shape index (κ1) is 13.4. The van der Waals surface area contributed by atoms with Crippen LogP contribution in [0.4, 0.5) is 5.69 Å². The standard InChI is InChI=1S/C18H17NO2/c1-12-7-13(2)9-16(8-12)19-18(20)15-10-14-5-3-4-6-17(14)21-11-15/h3-10H,11H2,1-2H3,(H,19,20). The Balaban J connectivity index is 1.82. The van der Waals surface area contributed by atoms with Crippen molar-refractivity contribution in [3.63, 3.8) is 0 Å². The molecular formula is C18H17NO2. The van der Waals surface area contributed by atoms with Gasteiger partial charge in [-0.25, -0.2) is 0 Å². The molecule has 1 aliphatic heterocycles. The summed E-state index contributed by atoms with van der Waals surface area (Å²) < 4.78 is 5.61. The molecule has 1 N–H and O–H groups in total. The number of benzene rings is 2. The number of para-hydroxylation sites is 1. The lowest BCUT2D eigenvalue weighted by Gasteiger charge is -2.17. The smallest absolute Gasteiger partial charge is 0.255 e. The average Bonchev–Trinajstić information content (AvgIpc) is 2.45. The molecule has 0 aromatic heterocycles. The Hall–Kier alpha value is -2.55. The van der Waals surface area contributed by atoms with E-state index in [2.05, 4.69) is 11.4 Å². The molecule has 0 bridgehead atoms. The number of nitrogens with one attached hydrogen (secondary N) is 1. The molecule has 3 rings (SSSR count). The number of rotatable bonds is 2. The summed E-state index contributed by atoms with van der Waals surface area (Å²) in [6.07, 6.45) is 1.89. The van der Waals surface area contributed by atoms with Crippen LogP contribution >= 0.6 is 0 Å². The minimum Gasteiger partial charge on any atom is -0.488 e. The van der Waals surface area contributed by atoms with E-state index in [1.54, 1.807) is 0 Å². The topological polar surface area (TPSA) is 38.3 Å². The van der Waals surface area contributed by atoms with Gasteiger partial charge >= 0.3 is 0 Å². The van der Waals surface area contributed by atoms with Gasteiger partial charge in [0.25, 0.3) is 5.91 Å². The van der Waals surface area contributed by atoms with E-state index in [9.17, 15) is 4.79 Å². The quantitative estimate of drug-likeness (QED) is 0.910. The second kappa shape index (κ2) is 5.44. The highest BCUT2D eigenvalue weighted by atomic mass is 16.5. The first-order valence-electron chi connectivity index (χ1n) is 6.94. The molecule has 3 nitrogen and oxygen atoms in total. The van der Waals surface area contributed by atoms with Crippen LogP contribution in [0.2, 0.25) is 0 Å². The minimum atomic E-state index is -0.116. The number of hydrogen-bond acceptors (Lipinski definition) is 2. The Morgan fingerprint density at radius 1 is 1.10 bits per heavy atom. The third-order valence-electron chi connectivity index (χ3n) is 3.40. The van der Waals surface area contributed by atoms with Crippen molar-refractivity contribution in [2.75, 3.05) is 11.9 Å². The second-order valence-corrected chi connectivity index (χ2v) is 5.33. The fourth-order valence-corrected chi connectivity index (χ4v) is 2.51. The monoisotopic (exact) mass is 279 g/mol. The Kier molecular flexibility index (Phi) is 3.48. The number of aryl methyl sites for hydroxylation is 2. The molecule has 2 aromatic rings. The van der Waals surface area contributed by atoms with Crippen LogP contribution in [0, 0.1) is 13.8 Å². The highest BCUT2D eigenvalue weighted by Gasteiger charge is 2.17. The van der Waals surface area contributed by atoms with Gasteiger partial charge in [-0.3, -0.25) is 4.79 Å². The van der Waals surface area contributed by atoms with Crippen LogP contribution in [-0.2, 0) is 4.79 Å². The SMILES string of the molecule is Cc1cc(C)cc(NC(=O)C2=Cc3ccccc3OC2)c1. The lowest BCUT2D eigenvalue weighted by Crippen LogP contribution is -2.21. The molecule has 3 heteroatoms. The van der Waals surface area contributed by atoms with E-state index in [0.29, 0.717) is 12.2 Å². The zero-order chi connectivity index (χ0) is 14.8. The Bertz CT molecular complexity index is 711. The third-order valence-corrected chi connectivity index (χ3v) is 3.40. The molecule has 0 saturated carbocycles. The summed E-state index contributed by atoms with van der Waals surface area (Å²) in [5.41, 5.74) is 4.65. The van der Waals surface area contributed by atoms with E-state index in [-0.39, 0.29) is 5.91 Å². The maximum absolute atomic E-state index is 12.3. The Morgan fingerprint density at radius 2 is 1.81 bits per heavy atom. The van der Waals surface area contributed by atoms with Crippen molar-refractivity contribution < 1.29 is 9.53 Å². The van der Waals surface area contributed by atoms with Crippen LogP contribution in [-0.4, -0.2) is 12.5 Å². The van der Waals surface area contributed by atoms with Crippen molar-refractivity contribution in [3.8, 4) is 5.75 Å². The summed E-state index contributed by atoms with van der Waals surface area (Å²) in [6.45, 7) is 4.33. The minimum absolute atomic E-state index is 0.116. The van der Waals surface area contributed by atoms with E-state index in [0.717, 1.165) is 28.1 Å². The van der Waals surface area contributed by atoms with Crippen molar-refractivity contribution in [2.24, 2.45) is 0 Å². The molecule has 21 heavy (non-hydrogen) atoms. The molecular weight excluding hydrogens is 262 g/mol. The van der Waals surface area contributed by atoms with Crippen LogP contribution in [0.15, 0.2) is 48.0 Å². The van der Waals surface area contributed by atoms with Crippen molar-refractivity contribution in [1.29, 1.82) is 0 Å². The van der Waals surface area contributed by atoms with Gasteiger partial charge in [-0.2, -0.15) is 0 Å². The molecule has 0 unspecified atom stereocenters. The molecule has 1 heterocycles. The first-order chi connectivity index (χ1) is 10.1. The fourth-order valence-electron chi connectivity index (χ4n) is 2.51.